The minimum absolute atomic E-state index is 0.172. The fraction of sp³-hybridized carbons (Fsp3) is 0.579. The van der Waals surface area contributed by atoms with E-state index in [0.717, 1.165) is 38.5 Å². The quantitative estimate of drug-likeness (QED) is 0.0703. The van der Waals surface area contributed by atoms with E-state index in [-0.39, 0.29) is 13.0 Å². The topological polar surface area (TPSA) is 112 Å². The van der Waals surface area contributed by atoms with Crippen LogP contribution < -0.4 is 0 Å². The summed E-state index contributed by atoms with van der Waals surface area (Å²) in [5, 5.41) is 11.1. The zero-order valence-electron chi connectivity index (χ0n) is 16.3. The van der Waals surface area contributed by atoms with Crippen LogP contribution in [0.4, 0.5) is 23.2 Å². The lowest BCUT2D eigenvalue weighted by molar-refractivity contribution is -0.137. The number of carbonyl (C=O) groups excluding carboxylic acids is 1. The van der Waals surface area contributed by atoms with Crippen molar-refractivity contribution in [1.82, 2.24) is 0 Å². The molecule has 1 aromatic rings. The molecule has 0 aliphatic carbocycles. The van der Waals surface area contributed by atoms with Crippen molar-refractivity contribution in [1.29, 1.82) is 0 Å². The van der Waals surface area contributed by atoms with Crippen molar-refractivity contribution >= 4 is 17.6 Å². The van der Waals surface area contributed by atoms with Crippen LogP contribution in [0.15, 0.2) is 5.11 Å². The van der Waals surface area contributed by atoms with Crippen LogP contribution in [0.5, 0.6) is 0 Å². The second-order valence-electron chi connectivity index (χ2n) is 6.63. The molecule has 0 saturated carbocycles. The van der Waals surface area contributed by atoms with Gasteiger partial charge >= 0.3 is 11.9 Å². The maximum atomic E-state index is 13.8. The van der Waals surface area contributed by atoms with Crippen molar-refractivity contribution in [3.63, 3.8) is 0 Å². The van der Waals surface area contributed by atoms with E-state index < -0.39 is 46.5 Å². The maximum absolute atomic E-state index is 13.8. The predicted molar refractivity (Wildman–Crippen MR) is 99.2 cm³/mol. The first-order chi connectivity index (χ1) is 14.3. The largest absolute Gasteiger partial charge is 0.481 e. The number of carbonyl (C=O) groups is 2. The number of nitrogens with zero attached hydrogens (tertiary/aromatic N) is 3. The summed E-state index contributed by atoms with van der Waals surface area (Å²) in [7, 11) is 0. The molecule has 0 unspecified atom stereocenters. The molecular formula is C19H23F4N3O4. The van der Waals surface area contributed by atoms with Crippen LogP contribution in [0.3, 0.4) is 0 Å². The number of hydrogen-bond donors (Lipinski definition) is 1. The lowest BCUT2D eigenvalue weighted by Gasteiger charge is -2.09. The van der Waals surface area contributed by atoms with Gasteiger partial charge in [0.25, 0.3) is 0 Å². The number of unbranched alkanes of at least 4 members (excludes halogenated alkanes) is 8. The lowest BCUT2D eigenvalue weighted by Crippen LogP contribution is -2.14. The maximum Gasteiger partial charge on any atom is 0.344 e. The van der Waals surface area contributed by atoms with E-state index in [1.807, 2.05) is 0 Å². The molecule has 1 aromatic carbocycles. The Hall–Kier alpha value is -2.81. The molecule has 0 radical (unpaired) electrons. The van der Waals surface area contributed by atoms with E-state index in [1.54, 1.807) is 0 Å². The lowest BCUT2D eigenvalue weighted by atomic mass is 10.1. The molecule has 0 atom stereocenters. The van der Waals surface area contributed by atoms with E-state index in [9.17, 15) is 27.2 Å². The van der Waals surface area contributed by atoms with Crippen molar-refractivity contribution in [3.05, 3.63) is 39.3 Å². The molecular weight excluding hydrogens is 410 g/mol. The Bertz CT molecular complexity index is 769. The highest BCUT2D eigenvalue weighted by molar-refractivity contribution is 5.90. The van der Waals surface area contributed by atoms with Gasteiger partial charge in [0.15, 0.2) is 23.3 Å². The molecule has 30 heavy (non-hydrogen) atoms. The number of aliphatic carboxylic acids is 1. The standard InChI is InChI=1S/C19H23F4N3O4/c20-14-13(15(21)17(23)18(16(14)22)25-26-24)19(29)30-11-9-7-5-3-1-2-4-6-8-10-12(27)28/h1-11H2,(H,27,28). The molecule has 1 rings (SSSR count). The number of halogens is 4. The smallest absolute Gasteiger partial charge is 0.344 e. The summed E-state index contributed by atoms with van der Waals surface area (Å²) in [6, 6.07) is 0. The molecule has 0 aliphatic rings. The monoisotopic (exact) mass is 433 g/mol. The molecule has 11 heteroatoms. The Labute approximate surface area is 170 Å². The normalized spacial score (nSPS) is 10.5. The number of carboxylic acid groups (broad SMARTS) is 1. The van der Waals surface area contributed by atoms with Gasteiger partial charge in [-0.2, -0.15) is 0 Å². The zero-order valence-corrected chi connectivity index (χ0v) is 16.3. The molecule has 0 bridgehead atoms. The van der Waals surface area contributed by atoms with E-state index in [4.69, 9.17) is 10.6 Å². The molecule has 0 saturated heterocycles. The van der Waals surface area contributed by atoms with Gasteiger partial charge in [-0.1, -0.05) is 50.1 Å². The number of ether oxygens (including phenoxy) is 1. The summed E-state index contributed by atoms with van der Waals surface area (Å²) in [4.78, 5) is 24.2. The summed E-state index contributed by atoms with van der Waals surface area (Å²) in [6.07, 6.45) is 7.56. The second kappa shape index (κ2) is 13.4. The molecule has 0 aliphatic heterocycles. The van der Waals surface area contributed by atoms with E-state index in [1.165, 1.54) is 0 Å². The minimum atomic E-state index is -1.98. The molecule has 7 nitrogen and oxygen atoms in total. The van der Waals surface area contributed by atoms with Gasteiger partial charge in [-0.25, -0.2) is 22.4 Å². The highest BCUT2D eigenvalue weighted by Crippen LogP contribution is 2.30. The SMILES string of the molecule is [N-]=[N+]=Nc1c(F)c(F)c(C(=O)OCCCCCCCCCCCC(=O)O)c(F)c1F. The van der Waals surface area contributed by atoms with Crippen LogP contribution in [0.25, 0.3) is 10.4 Å². The summed E-state index contributed by atoms with van der Waals surface area (Å²) < 4.78 is 59.7. The summed E-state index contributed by atoms with van der Waals surface area (Å²) >= 11 is 0. The van der Waals surface area contributed by atoms with E-state index in [2.05, 4.69) is 14.8 Å². The third-order valence-corrected chi connectivity index (χ3v) is 4.36. The first-order valence-corrected chi connectivity index (χ1v) is 9.61. The molecule has 0 aromatic heterocycles. The Kier molecular flexibility index (Phi) is 11.3. The van der Waals surface area contributed by atoms with Crippen LogP contribution in [0, 0.1) is 23.3 Å². The highest BCUT2D eigenvalue weighted by Gasteiger charge is 2.29. The van der Waals surface area contributed by atoms with Crippen molar-refractivity contribution in [2.75, 3.05) is 6.61 Å². The van der Waals surface area contributed by atoms with Gasteiger partial charge in [-0.3, -0.25) is 4.79 Å². The molecule has 0 heterocycles. The second-order valence-corrected chi connectivity index (χ2v) is 6.63. The van der Waals surface area contributed by atoms with Crippen LogP contribution in [-0.2, 0) is 9.53 Å². The Morgan fingerprint density at radius 1 is 0.833 bits per heavy atom. The van der Waals surface area contributed by atoms with Crippen LogP contribution >= 0.6 is 0 Å². The average Bonchev–Trinajstić information content (AvgIpc) is 2.70. The van der Waals surface area contributed by atoms with Crippen molar-refractivity contribution < 1.29 is 37.0 Å². The first kappa shape index (κ1) is 25.2. The average molecular weight is 433 g/mol. The summed E-state index contributed by atoms with van der Waals surface area (Å²) in [6.45, 7) is -0.172. The van der Waals surface area contributed by atoms with Gasteiger partial charge in [0, 0.05) is 11.3 Å². The van der Waals surface area contributed by atoms with Gasteiger partial charge in [-0.15, -0.1) is 0 Å². The summed E-state index contributed by atoms with van der Waals surface area (Å²) in [5.74, 6) is -10.2. The number of azide groups is 1. The molecule has 0 amide bonds. The number of hydrogen-bond acceptors (Lipinski definition) is 4. The first-order valence-electron chi connectivity index (χ1n) is 9.61. The third-order valence-electron chi connectivity index (χ3n) is 4.36. The van der Waals surface area contributed by atoms with Crippen LogP contribution in [0.1, 0.15) is 74.6 Å². The van der Waals surface area contributed by atoms with Gasteiger partial charge < -0.3 is 9.84 Å². The number of rotatable bonds is 14. The Morgan fingerprint density at radius 3 is 1.77 bits per heavy atom. The Balaban J connectivity index is 2.31. The molecule has 1 N–H and O–H groups in total. The fourth-order valence-corrected chi connectivity index (χ4v) is 2.78. The highest BCUT2D eigenvalue weighted by atomic mass is 19.2. The van der Waals surface area contributed by atoms with E-state index in [0.29, 0.717) is 19.3 Å². The van der Waals surface area contributed by atoms with Crippen LogP contribution in [-0.4, -0.2) is 23.7 Å². The Morgan fingerprint density at radius 2 is 1.30 bits per heavy atom. The summed E-state index contributed by atoms with van der Waals surface area (Å²) in [5.41, 5.74) is 5.18. The van der Waals surface area contributed by atoms with Gasteiger partial charge in [0.2, 0.25) is 0 Å². The number of carboxylic acids is 1. The van der Waals surface area contributed by atoms with E-state index >= 15 is 0 Å². The van der Waals surface area contributed by atoms with Gasteiger partial charge in [0.05, 0.1) is 6.61 Å². The van der Waals surface area contributed by atoms with Gasteiger partial charge in [0.1, 0.15) is 11.3 Å². The van der Waals surface area contributed by atoms with Crippen molar-refractivity contribution in [2.24, 2.45) is 5.11 Å². The molecule has 0 fully saturated rings. The van der Waals surface area contributed by atoms with Gasteiger partial charge in [-0.05, 0) is 18.4 Å². The predicted octanol–water partition coefficient (Wildman–Crippen LogP) is 6.33. The fourth-order valence-electron chi connectivity index (χ4n) is 2.78. The third kappa shape index (κ3) is 7.90. The van der Waals surface area contributed by atoms with Crippen LogP contribution in [0.2, 0.25) is 0 Å². The zero-order chi connectivity index (χ0) is 22.5. The molecule has 166 valence electrons. The minimum Gasteiger partial charge on any atom is -0.481 e. The molecule has 0 spiro atoms. The van der Waals surface area contributed by atoms with Crippen molar-refractivity contribution in [2.45, 2.75) is 64.2 Å². The number of esters is 1. The van der Waals surface area contributed by atoms with Crippen molar-refractivity contribution in [3.8, 4) is 0 Å². The number of benzene rings is 1.